The van der Waals surface area contributed by atoms with Gasteiger partial charge in [-0.1, -0.05) is 24.3 Å². The van der Waals surface area contributed by atoms with E-state index in [2.05, 4.69) is 0 Å². The fraction of sp³-hybridized carbons (Fsp3) is 0.280. The van der Waals surface area contributed by atoms with Crippen molar-refractivity contribution >= 4 is 17.4 Å². The van der Waals surface area contributed by atoms with Crippen molar-refractivity contribution < 1.29 is 28.6 Å². The first-order valence-corrected chi connectivity index (χ1v) is 10.2. The summed E-state index contributed by atoms with van der Waals surface area (Å²) in [7, 11) is 3.10. The van der Waals surface area contributed by atoms with Crippen LogP contribution in [0, 0.1) is 13.8 Å². The SMILES string of the molecule is COc1ccc(CN2C(=O)[C@@](O)(CC(=O)c3c(C)coc3C)c3ccccc32)cc1OC. The summed E-state index contributed by atoms with van der Waals surface area (Å²) in [5.41, 5.74) is 0.906. The van der Waals surface area contributed by atoms with Gasteiger partial charge in [-0.15, -0.1) is 0 Å². The summed E-state index contributed by atoms with van der Waals surface area (Å²) in [6.07, 6.45) is 1.13. The Kier molecular flexibility index (Phi) is 5.52. The number of rotatable bonds is 7. The first-order valence-electron chi connectivity index (χ1n) is 10.2. The predicted molar refractivity (Wildman–Crippen MR) is 118 cm³/mol. The summed E-state index contributed by atoms with van der Waals surface area (Å²) in [5.74, 6) is 0.712. The van der Waals surface area contributed by atoms with Crippen LogP contribution in [0.1, 0.15) is 39.2 Å². The van der Waals surface area contributed by atoms with Crippen molar-refractivity contribution in [3.05, 3.63) is 76.7 Å². The minimum absolute atomic E-state index is 0.205. The molecule has 2 heterocycles. The number of hydrogen-bond donors (Lipinski definition) is 1. The van der Waals surface area contributed by atoms with Gasteiger partial charge in [0.25, 0.3) is 5.91 Å². The Hall–Kier alpha value is -3.58. The maximum absolute atomic E-state index is 13.5. The molecule has 0 saturated heterocycles. The van der Waals surface area contributed by atoms with Gasteiger partial charge < -0.3 is 23.9 Å². The zero-order chi connectivity index (χ0) is 23.0. The summed E-state index contributed by atoms with van der Waals surface area (Å²) in [5, 5.41) is 11.5. The van der Waals surface area contributed by atoms with Crippen molar-refractivity contribution in [3.63, 3.8) is 0 Å². The lowest BCUT2D eigenvalue weighted by molar-refractivity contribution is -0.136. The molecule has 32 heavy (non-hydrogen) atoms. The molecule has 0 spiro atoms. The number of para-hydroxylation sites is 1. The Labute approximate surface area is 186 Å². The number of carbonyl (C=O) groups excluding carboxylic acids is 2. The van der Waals surface area contributed by atoms with E-state index in [9.17, 15) is 14.7 Å². The van der Waals surface area contributed by atoms with Gasteiger partial charge >= 0.3 is 0 Å². The van der Waals surface area contributed by atoms with Gasteiger partial charge in [-0.25, -0.2) is 0 Å². The second-order valence-electron chi connectivity index (χ2n) is 7.91. The minimum Gasteiger partial charge on any atom is -0.493 e. The van der Waals surface area contributed by atoms with E-state index in [-0.39, 0.29) is 18.7 Å². The molecule has 1 atom stereocenters. The number of hydrogen-bond acceptors (Lipinski definition) is 6. The van der Waals surface area contributed by atoms with E-state index in [1.165, 1.54) is 11.2 Å². The molecule has 3 aromatic rings. The van der Waals surface area contributed by atoms with Gasteiger partial charge in [-0.05, 0) is 43.2 Å². The Morgan fingerprint density at radius 3 is 2.47 bits per heavy atom. The first kappa shape index (κ1) is 21.6. The van der Waals surface area contributed by atoms with Crippen LogP contribution in [0.4, 0.5) is 5.69 Å². The van der Waals surface area contributed by atoms with Gasteiger partial charge in [0.1, 0.15) is 5.76 Å². The molecule has 4 rings (SSSR count). The van der Waals surface area contributed by atoms with E-state index in [1.54, 1.807) is 64.5 Å². The highest BCUT2D eigenvalue weighted by Crippen LogP contribution is 2.44. The zero-order valence-corrected chi connectivity index (χ0v) is 18.5. The number of aliphatic hydroxyl groups is 1. The molecule has 1 aromatic heterocycles. The molecular formula is C25H25NO6. The number of Topliss-reactive ketones (excluding diaryl/α,β-unsaturated/α-hetero) is 1. The van der Waals surface area contributed by atoms with E-state index in [0.29, 0.717) is 39.6 Å². The molecule has 0 bridgehead atoms. The third kappa shape index (κ3) is 3.44. The molecule has 0 fully saturated rings. The van der Waals surface area contributed by atoms with Crippen LogP contribution in [-0.2, 0) is 16.9 Å². The maximum atomic E-state index is 13.5. The summed E-state index contributed by atoms with van der Waals surface area (Å²) in [6.45, 7) is 3.66. The highest BCUT2D eigenvalue weighted by Gasteiger charge is 2.51. The normalized spacial score (nSPS) is 17.4. The number of anilines is 1. The number of fused-ring (bicyclic) bond motifs is 1. The van der Waals surface area contributed by atoms with Crippen molar-refractivity contribution in [2.45, 2.75) is 32.4 Å². The average Bonchev–Trinajstić information content (AvgIpc) is 3.23. The van der Waals surface area contributed by atoms with Crippen LogP contribution in [0.3, 0.4) is 0 Å². The highest BCUT2D eigenvalue weighted by atomic mass is 16.5. The Bertz CT molecular complexity index is 1180. The molecule has 1 aliphatic heterocycles. The number of methoxy groups -OCH3 is 2. The molecule has 2 aromatic carbocycles. The van der Waals surface area contributed by atoms with Crippen LogP contribution < -0.4 is 14.4 Å². The third-order valence-electron chi connectivity index (χ3n) is 5.88. The van der Waals surface area contributed by atoms with Gasteiger partial charge in [-0.2, -0.15) is 0 Å². The number of furan rings is 1. The second-order valence-corrected chi connectivity index (χ2v) is 7.91. The molecule has 7 heteroatoms. The molecular weight excluding hydrogens is 410 g/mol. The number of nitrogens with zero attached hydrogens (tertiary/aromatic N) is 1. The number of ether oxygens (including phenoxy) is 2. The monoisotopic (exact) mass is 435 g/mol. The zero-order valence-electron chi connectivity index (χ0n) is 18.5. The molecule has 1 N–H and O–H groups in total. The lowest BCUT2D eigenvalue weighted by Gasteiger charge is -2.23. The minimum atomic E-state index is -1.96. The molecule has 0 radical (unpaired) electrons. The molecule has 0 saturated carbocycles. The number of aryl methyl sites for hydroxylation is 2. The van der Waals surface area contributed by atoms with Gasteiger partial charge in [0.05, 0.1) is 44.7 Å². The predicted octanol–water partition coefficient (Wildman–Crippen LogP) is 3.92. The van der Waals surface area contributed by atoms with Gasteiger partial charge in [0, 0.05) is 5.56 Å². The van der Waals surface area contributed by atoms with Crippen molar-refractivity contribution in [2.75, 3.05) is 19.1 Å². The molecule has 1 aliphatic rings. The largest absolute Gasteiger partial charge is 0.493 e. The summed E-state index contributed by atoms with van der Waals surface area (Å²) < 4.78 is 16.0. The molecule has 166 valence electrons. The molecule has 0 aliphatic carbocycles. The molecule has 0 unspecified atom stereocenters. The highest BCUT2D eigenvalue weighted by molar-refractivity contribution is 6.11. The summed E-state index contributed by atoms with van der Waals surface area (Å²) >= 11 is 0. The van der Waals surface area contributed by atoms with Crippen molar-refractivity contribution in [2.24, 2.45) is 0 Å². The van der Waals surface area contributed by atoms with E-state index in [4.69, 9.17) is 13.9 Å². The van der Waals surface area contributed by atoms with E-state index in [1.807, 2.05) is 6.07 Å². The standard InChI is InChI=1S/C25H25NO6/c1-15-14-32-16(2)23(15)20(27)12-25(29)18-7-5-6-8-19(18)26(24(25)28)13-17-9-10-21(30-3)22(11-17)31-4/h5-11,14,29H,12-13H2,1-4H3/t25-/m1/s1. The van der Waals surface area contributed by atoms with Crippen LogP contribution in [0.2, 0.25) is 0 Å². The second kappa shape index (κ2) is 8.16. The van der Waals surface area contributed by atoms with Crippen LogP contribution in [0.15, 0.2) is 53.1 Å². The fourth-order valence-corrected chi connectivity index (χ4v) is 4.31. The van der Waals surface area contributed by atoms with Crippen LogP contribution >= 0.6 is 0 Å². The topological polar surface area (TPSA) is 89.2 Å². The first-order chi connectivity index (χ1) is 15.3. The lowest BCUT2D eigenvalue weighted by Crippen LogP contribution is -2.41. The summed E-state index contributed by atoms with van der Waals surface area (Å²) in [4.78, 5) is 28.0. The van der Waals surface area contributed by atoms with Crippen molar-refractivity contribution in [1.29, 1.82) is 0 Å². The van der Waals surface area contributed by atoms with E-state index >= 15 is 0 Å². The number of carbonyl (C=O) groups is 2. The van der Waals surface area contributed by atoms with Crippen molar-refractivity contribution in [1.82, 2.24) is 0 Å². The van der Waals surface area contributed by atoms with Crippen LogP contribution in [0.25, 0.3) is 0 Å². The Balaban J connectivity index is 1.69. The fourth-order valence-electron chi connectivity index (χ4n) is 4.31. The van der Waals surface area contributed by atoms with E-state index in [0.717, 1.165) is 5.56 Å². The third-order valence-corrected chi connectivity index (χ3v) is 5.88. The van der Waals surface area contributed by atoms with E-state index < -0.39 is 11.5 Å². The molecule has 1 amide bonds. The molecule has 7 nitrogen and oxygen atoms in total. The van der Waals surface area contributed by atoms with Crippen LogP contribution in [-0.4, -0.2) is 31.0 Å². The van der Waals surface area contributed by atoms with Gasteiger partial charge in [0.15, 0.2) is 22.9 Å². The lowest BCUT2D eigenvalue weighted by atomic mass is 9.87. The Morgan fingerprint density at radius 1 is 1.09 bits per heavy atom. The van der Waals surface area contributed by atoms with Gasteiger partial charge in [0.2, 0.25) is 0 Å². The maximum Gasteiger partial charge on any atom is 0.264 e. The quantitative estimate of drug-likeness (QED) is 0.566. The summed E-state index contributed by atoms with van der Waals surface area (Å²) in [6, 6.07) is 12.4. The average molecular weight is 435 g/mol. The number of ketones is 1. The van der Waals surface area contributed by atoms with Crippen molar-refractivity contribution in [3.8, 4) is 11.5 Å². The number of benzene rings is 2. The Morgan fingerprint density at radius 2 is 1.81 bits per heavy atom. The smallest absolute Gasteiger partial charge is 0.264 e. The number of amides is 1. The van der Waals surface area contributed by atoms with Crippen LogP contribution in [0.5, 0.6) is 11.5 Å². The van der Waals surface area contributed by atoms with Gasteiger partial charge in [-0.3, -0.25) is 9.59 Å².